The molecule has 0 spiro atoms. The summed E-state index contributed by atoms with van der Waals surface area (Å²) in [4.78, 5) is 27.0. The van der Waals surface area contributed by atoms with Gasteiger partial charge >= 0.3 is 6.18 Å². The number of anilines is 1. The Morgan fingerprint density at radius 2 is 1.67 bits per heavy atom. The highest BCUT2D eigenvalue weighted by Gasteiger charge is 2.30. The predicted octanol–water partition coefficient (Wildman–Crippen LogP) is 4.46. The normalized spacial score (nSPS) is 15.7. The second-order valence-corrected chi connectivity index (χ2v) is 7.34. The maximum Gasteiger partial charge on any atom is 0.416 e. The summed E-state index contributed by atoms with van der Waals surface area (Å²) in [5.74, 6) is -0.294. The third-order valence-corrected chi connectivity index (χ3v) is 5.34. The quantitative estimate of drug-likeness (QED) is 0.528. The van der Waals surface area contributed by atoms with Crippen molar-refractivity contribution in [2.75, 3.05) is 31.1 Å². The van der Waals surface area contributed by atoms with Crippen LogP contribution in [-0.4, -0.2) is 41.9 Å². The Labute approximate surface area is 172 Å². The van der Waals surface area contributed by atoms with Gasteiger partial charge in [0.25, 0.3) is 5.69 Å². The van der Waals surface area contributed by atoms with Crippen LogP contribution in [0, 0.1) is 10.1 Å². The van der Waals surface area contributed by atoms with Gasteiger partial charge in [-0.1, -0.05) is 31.2 Å². The van der Waals surface area contributed by atoms with Crippen molar-refractivity contribution in [3.8, 4) is 0 Å². The van der Waals surface area contributed by atoms with Crippen LogP contribution in [-0.2, 0) is 11.0 Å². The van der Waals surface area contributed by atoms with Crippen LogP contribution in [0.4, 0.5) is 24.5 Å². The molecule has 1 fully saturated rings. The van der Waals surface area contributed by atoms with Gasteiger partial charge < -0.3 is 9.80 Å². The zero-order valence-electron chi connectivity index (χ0n) is 16.4. The summed E-state index contributed by atoms with van der Waals surface area (Å²) < 4.78 is 38.1. The van der Waals surface area contributed by atoms with E-state index in [1.165, 1.54) is 18.2 Å². The van der Waals surface area contributed by atoms with E-state index >= 15 is 0 Å². The number of nitrogens with zero attached hydrogens (tertiary/aromatic N) is 3. The molecule has 1 aliphatic heterocycles. The average Bonchev–Trinajstić information content (AvgIpc) is 2.73. The van der Waals surface area contributed by atoms with Crippen molar-refractivity contribution in [3.63, 3.8) is 0 Å². The molecule has 0 radical (unpaired) electrons. The van der Waals surface area contributed by atoms with Crippen LogP contribution >= 0.6 is 0 Å². The molecule has 0 N–H and O–H groups in total. The first kappa shape index (κ1) is 21.6. The zero-order valence-corrected chi connectivity index (χ0v) is 16.4. The lowest BCUT2D eigenvalue weighted by atomic mass is 9.96. The fraction of sp³-hybridized carbons (Fsp3) is 0.381. The van der Waals surface area contributed by atoms with E-state index in [2.05, 4.69) is 0 Å². The van der Waals surface area contributed by atoms with Crippen LogP contribution in [0.1, 0.15) is 30.4 Å². The lowest BCUT2D eigenvalue weighted by molar-refractivity contribution is -0.384. The van der Waals surface area contributed by atoms with Gasteiger partial charge in [0.05, 0.1) is 10.5 Å². The molecule has 0 aromatic heterocycles. The molecule has 1 atom stereocenters. The van der Waals surface area contributed by atoms with Gasteiger partial charge in [-0.2, -0.15) is 13.2 Å². The van der Waals surface area contributed by atoms with Gasteiger partial charge in [-0.15, -0.1) is 0 Å². The first-order chi connectivity index (χ1) is 14.2. The second-order valence-electron chi connectivity index (χ2n) is 7.34. The Bertz CT molecular complexity index is 908. The molecule has 3 rings (SSSR count). The van der Waals surface area contributed by atoms with Crippen molar-refractivity contribution >= 4 is 17.3 Å². The van der Waals surface area contributed by atoms with E-state index in [1.807, 2.05) is 11.8 Å². The van der Waals surface area contributed by atoms with Gasteiger partial charge in [-0.25, -0.2) is 0 Å². The number of nitro groups is 1. The van der Waals surface area contributed by atoms with Crippen LogP contribution in [0.15, 0.2) is 48.5 Å². The van der Waals surface area contributed by atoms with E-state index in [0.29, 0.717) is 37.4 Å². The van der Waals surface area contributed by atoms with E-state index in [-0.39, 0.29) is 23.9 Å². The molecule has 1 heterocycles. The van der Waals surface area contributed by atoms with Crippen LogP contribution in [0.5, 0.6) is 0 Å². The van der Waals surface area contributed by atoms with E-state index in [0.717, 1.165) is 12.1 Å². The van der Waals surface area contributed by atoms with Crippen molar-refractivity contribution in [1.29, 1.82) is 0 Å². The number of benzene rings is 2. The lowest BCUT2D eigenvalue weighted by Crippen LogP contribution is -2.49. The van der Waals surface area contributed by atoms with Gasteiger partial charge in [-0.3, -0.25) is 14.9 Å². The molecule has 160 valence electrons. The van der Waals surface area contributed by atoms with Crippen molar-refractivity contribution in [2.24, 2.45) is 0 Å². The third-order valence-electron chi connectivity index (χ3n) is 5.34. The molecule has 1 unspecified atom stereocenters. The minimum atomic E-state index is -4.38. The maximum atomic E-state index is 12.7. The Hall–Kier alpha value is -3.10. The van der Waals surface area contributed by atoms with E-state index in [1.54, 1.807) is 23.1 Å². The molecule has 30 heavy (non-hydrogen) atoms. The Morgan fingerprint density at radius 3 is 2.23 bits per heavy atom. The molecule has 6 nitrogen and oxygen atoms in total. The molecule has 0 saturated carbocycles. The van der Waals surface area contributed by atoms with Crippen molar-refractivity contribution in [3.05, 3.63) is 69.8 Å². The summed E-state index contributed by atoms with van der Waals surface area (Å²) in [7, 11) is 0. The fourth-order valence-electron chi connectivity index (χ4n) is 3.59. The molecule has 2 aromatic carbocycles. The minimum absolute atomic E-state index is 0.0354. The molecule has 1 aliphatic rings. The summed E-state index contributed by atoms with van der Waals surface area (Å²) in [6, 6.07) is 11.4. The van der Waals surface area contributed by atoms with Gasteiger partial charge in [0.15, 0.2) is 0 Å². The number of carbonyl (C=O) groups excluding carboxylic acids is 1. The number of rotatable bonds is 5. The minimum Gasteiger partial charge on any atom is -0.362 e. The largest absolute Gasteiger partial charge is 0.416 e. The number of carbonyl (C=O) groups is 1. The number of amides is 1. The van der Waals surface area contributed by atoms with Gasteiger partial charge in [0.1, 0.15) is 5.69 Å². The number of piperazine rings is 1. The number of alkyl halides is 3. The van der Waals surface area contributed by atoms with E-state index in [4.69, 9.17) is 0 Å². The van der Waals surface area contributed by atoms with Crippen molar-refractivity contribution in [1.82, 2.24) is 4.90 Å². The summed E-state index contributed by atoms with van der Waals surface area (Å²) in [6.45, 7) is 3.63. The van der Waals surface area contributed by atoms with Gasteiger partial charge in [0, 0.05) is 38.7 Å². The summed E-state index contributed by atoms with van der Waals surface area (Å²) in [5, 5.41) is 11.2. The first-order valence-electron chi connectivity index (χ1n) is 9.60. The standard InChI is InChI=1S/C21H22F3N3O3/c1-15(16-6-8-17(9-7-16)21(22,23)24)14-20(28)26-12-10-25(11-13-26)18-4-2-3-5-19(18)27(29)30/h2-9,15H,10-14H2,1H3. The Kier molecular flexibility index (Phi) is 6.28. The molecule has 1 amide bonds. The Balaban J connectivity index is 1.57. The van der Waals surface area contributed by atoms with Gasteiger partial charge in [-0.05, 0) is 29.7 Å². The first-order valence-corrected chi connectivity index (χ1v) is 9.60. The third kappa shape index (κ3) is 4.90. The summed E-state index contributed by atoms with van der Waals surface area (Å²) in [5.41, 5.74) is 0.534. The molecule has 0 bridgehead atoms. The predicted molar refractivity (Wildman–Crippen MR) is 106 cm³/mol. The maximum absolute atomic E-state index is 12.7. The fourth-order valence-corrected chi connectivity index (χ4v) is 3.59. The van der Waals surface area contributed by atoms with Gasteiger partial charge in [0.2, 0.25) is 5.91 Å². The Morgan fingerprint density at radius 1 is 1.07 bits per heavy atom. The number of hydrogen-bond donors (Lipinski definition) is 0. The topological polar surface area (TPSA) is 66.7 Å². The molecule has 1 saturated heterocycles. The smallest absolute Gasteiger partial charge is 0.362 e. The van der Waals surface area contributed by atoms with Crippen LogP contribution in [0.3, 0.4) is 0 Å². The van der Waals surface area contributed by atoms with Crippen LogP contribution < -0.4 is 4.90 Å². The number of para-hydroxylation sites is 2. The van der Waals surface area contributed by atoms with E-state index in [9.17, 15) is 28.1 Å². The molecular weight excluding hydrogens is 399 g/mol. The highest BCUT2D eigenvalue weighted by atomic mass is 19.4. The molecular formula is C21H22F3N3O3. The lowest BCUT2D eigenvalue weighted by Gasteiger charge is -2.36. The molecule has 9 heteroatoms. The second kappa shape index (κ2) is 8.73. The highest BCUT2D eigenvalue weighted by Crippen LogP contribution is 2.31. The highest BCUT2D eigenvalue weighted by molar-refractivity contribution is 5.77. The van der Waals surface area contributed by atoms with Crippen molar-refractivity contribution < 1.29 is 22.9 Å². The number of halogens is 3. The van der Waals surface area contributed by atoms with Crippen LogP contribution in [0.2, 0.25) is 0 Å². The monoisotopic (exact) mass is 421 g/mol. The average molecular weight is 421 g/mol. The summed E-state index contributed by atoms with van der Waals surface area (Å²) >= 11 is 0. The SMILES string of the molecule is CC(CC(=O)N1CCN(c2ccccc2[N+](=O)[O-])CC1)c1ccc(C(F)(F)F)cc1. The number of nitro benzene ring substituents is 1. The molecule has 2 aromatic rings. The van der Waals surface area contributed by atoms with Crippen molar-refractivity contribution in [2.45, 2.75) is 25.4 Å². The van der Waals surface area contributed by atoms with Crippen LogP contribution in [0.25, 0.3) is 0 Å². The summed E-state index contributed by atoms with van der Waals surface area (Å²) in [6.07, 6.45) is -4.19. The van der Waals surface area contributed by atoms with E-state index < -0.39 is 16.7 Å². The number of hydrogen-bond acceptors (Lipinski definition) is 4. The zero-order chi connectivity index (χ0) is 21.9. The molecule has 0 aliphatic carbocycles.